The molecule has 1 aromatic rings. The Hall–Kier alpha value is -2.03. The fraction of sp³-hybridized carbons (Fsp3) is 0.0833. The zero-order valence-electron chi connectivity index (χ0n) is 8.36. The Morgan fingerprint density at radius 2 is 2.20 bits per heavy atom. The van der Waals surface area contributed by atoms with E-state index in [0.29, 0.717) is 5.56 Å². The number of hydrogen-bond acceptors (Lipinski definition) is 3. The maximum absolute atomic E-state index is 11.3. The van der Waals surface area contributed by atoms with Crippen molar-refractivity contribution in [3.05, 3.63) is 47.7 Å². The molecule has 0 aromatic heterocycles. The Bertz CT molecular complexity index is 447. The fourth-order valence-corrected chi connectivity index (χ4v) is 1.43. The molecule has 1 aliphatic heterocycles. The highest BCUT2D eigenvalue weighted by atomic mass is 16.5. The van der Waals surface area contributed by atoms with E-state index in [-0.39, 0.29) is 5.97 Å². The molecular weight excluding hydrogens is 190 g/mol. The second-order valence-corrected chi connectivity index (χ2v) is 3.16. The maximum Gasteiger partial charge on any atom is 0.337 e. The van der Waals surface area contributed by atoms with E-state index in [1.807, 2.05) is 30.5 Å². The lowest BCUT2D eigenvalue weighted by Crippen LogP contribution is -2.02. The van der Waals surface area contributed by atoms with Gasteiger partial charge in [-0.1, -0.05) is 12.2 Å². The molecule has 3 nitrogen and oxygen atoms in total. The smallest absolute Gasteiger partial charge is 0.337 e. The highest BCUT2D eigenvalue weighted by Crippen LogP contribution is 2.21. The summed E-state index contributed by atoms with van der Waals surface area (Å²) in [6, 6.07) is 5.41. The molecule has 0 aliphatic carbocycles. The molecule has 0 fully saturated rings. The van der Waals surface area contributed by atoms with Gasteiger partial charge in [0.15, 0.2) is 0 Å². The van der Waals surface area contributed by atoms with Gasteiger partial charge in [0.2, 0.25) is 0 Å². The van der Waals surface area contributed by atoms with Crippen molar-refractivity contribution in [1.82, 2.24) is 0 Å². The Morgan fingerprint density at radius 1 is 1.33 bits per heavy atom. The van der Waals surface area contributed by atoms with Crippen molar-refractivity contribution in [1.29, 1.82) is 0 Å². The molecule has 0 saturated heterocycles. The minimum Gasteiger partial charge on any atom is -0.465 e. The minimum absolute atomic E-state index is 0.316. The number of esters is 1. The molecule has 0 spiro atoms. The van der Waals surface area contributed by atoms with Crippen LogP contribution in [-0.4, -0.2) is 13.1 Å². The maximum atomic E-state index is 11.3. The molecule has 1 aromatic carbocycles. The summed E-state index contributed by atoms with van der Waals surface area (Å²) in [6.07, 6.45) is 7.61. The number of ether oxygens (including phenoxy) is 1. The lowest BCUT2D eigenvalue weighted by molar-refractivity contribution is 0.0601. The zero-order valence-corrected chi connectivity index (χ0v) is 8.36. The second-order valence-electron chi connectivity index (χ2n) is 3.16. The van der Waals surface area contributed by atoms with Crippen LogP contribution in [0.2, 0.25) is 0 Å². The van der Waals surface area contributed by atoms with Gasteiger partial charge in [0, 0.05) is 11.9 Å². The van der Waals surface area contributed by atoms with Gasteiger partial charge >= 0.3 is 5.97 Å². The molecule has 1 heterocycles. The molecule has 3 heteroatoms. The van der Waals surface area contributed by atoms with Gasteiger partial charge in [-0.25, -0.2) is 4.79 Å². The van der Waals surface area contributed by atoms with Crippen molar-refractivity contribution in [3.63, 3.8) is 0 Å². The van der Waals surface area contributed by atoms with Gasteiger partial charge < -0.3 is 10.1 Å². The number of hydrogen-bond donors (Lipinski definition) is 1. The molecule has 0 amide bonds. The molecule has 0 saturated carbocycles. The third-order valence-corrected chi connectivity index (χ3v) is 2.19. The molecule has 0 unspecified atom stereocenters. The van der Waals surface area contributed by atoms with E-state index in [1.165, 1.54) is 7.11 Å². The number of nitrogens with one attached hydrogen (secondary N) is 1. The van der Waals surface area contributed by atoms with Gasteiger partial charge in [0.05, 0.1) is 12.7 Å². The molecule has 0 atom stereocenters. The first-order valence-electron chi connectivity index (χ1n) is 4.63. The van der Waals surface area contributed by atoms with Crippen LogP contribution in [0.5, 0.6) is 0 Å². The van der Waals surface area contributed by atoms with Crippen molar-refractivity contribution in [2.45, 2.75) is 0 Å². The first-order chi connectivity index (χ1) is 7.31. The average molecular weight is 201 g/mol. The summed E-state index contributed by atoms with van der Waals surface area (Å²) < 4.78 is 4.66. The first-order valence-corrected chi connectivity index (χ1v) is 4.63. The van der Waals surface area contributed by atoms with Crippen LogP contribution >= 0.6 is 0 Å². The molecule has 15 heavy (non-hydrogen) atoms. The number of carbonyl (C=O) groups is 1. The van der Waals surface area contributed by atoms with Crippen molar-refractivity contribution in [3.8, 4) is 0 Å². The molecule has 1 aliphatic rings. The average Bonchev–Trinajstić information content (AvgIpc) is 2.51. The highest BCUT2D eigenvalue weighted by Gasteiger charge is 2.08. The van der Waals surface area contributed by atoms with E-state index in [0.717, 1.165) is 11.3 Å². The molecule has 76 valence electrons. The second kappa shape index (κ2) is 4.00. The normalized spacial score (nSPS) is 12.6. The van der Waals surface area contributed by atoms with Gasteiger partial charge in [0.1, 0.15) is 0 Å². The summed E-state index contributed by atoms with van der Waals surface area (Å²) in [5, 5.41) is 3.11. The third kappa shape index (κ3) is 1.91. The monoisotopic (exact) mass is 201 g/mol. The molecule has 0 radical (unpaired) electrons. The van der Waals surface area contributed by atoms with Gasteiger partial charge in [-0.2, -0.15) is 0 Å². The van der Waals surface area contributed by atoms with E-state index < -0.39 is 0 Å². The van der Waals surface area contributed by atoms with E-state index in [2.05, 4.69) is 10.1 Å². The standard InChI is InChI=1S/C12H11NO2/c1-15-12(14)10-5-6-11-9(8-10)4-2-3-7-13-11/h2-8,13H,1H3. The van der Waals surface area contributed by atoms with E-state index in [1.54, 1.807) is 12.1 Å². The largest absolute Gasteiger partial charge is 0.465 e. The van der Waals surface area contributed by atoms with Crippen molar-refractivity contribution in [2.75, 3.05) is 12.4 Å². The zero-order chi connectivity index (χ0) is 10.7. The Labute approximate surface area is 88.1 Å². The van der Waals surface area contributed by atoms with Crippen LogP contribution in [0.1, 0.15) is 15.9 Å². The quantitative estimate of drug-likeness (QED) is 0.709. The molecular formula is C12H11NO2. The summed E-state index contributed by atoms with van der Waals surface area (Å²) in [7, 11) is 1.38. The number of carbonyl (C=O) groups excluding carboxylic acids is 1. The third-order valence-electron chi connectivity index (χ3n) is 2.19. The van der Waals surface area contributed by atoms with Crippen molar-refractivity contribution >= 4 is 17.7 Å². The SMILES string of the molecule is COC(=O)c1ccc2c(c1)C=CC=CN2. The number of fused-ring (bicyclic) bond motifs is 1. The summed E-state index contributed by atoms with van der Waals surface area (Å²) in [4.78, 5) is 11.3. The summed E-state index contributed by atoms with van der Waals surface area (Å²) >= 11 is 0. The topological polar surface area (TPSA) is 38.3 Å². The van der Waals surface area contributed by atoms with Gasteiger partial charge in [-0.3, -0.25) is 0 Å². The number of methoxy groups -OCH3 is 1. The van der Waals surface area contributed by atoms with Crippen LogP contribution in [0.4, 0.5) is 5.69 Å². The lowest BCUT2D eigenvalue weighted by Gasteiger charge is -2.06. The molecule has 0 bridgehead atoms. The Kier molecular flexibility index (Phi) is 2.54. The van der Waals surface area contributed by atoms with Gasteiger partial charge in [-0.05, 0) is 29.8 Å². The summed E-state index contributed by atoms with van der Waals surface area (Å²) in [5.41, 5.74) is 2.51. The summed E-state index contributed by atoms with van der Waals surface area (Å²) in [6.45, 7) is 0. The first kappa shape index (κ1) is 9.52. The predicted molar refractivity (Wildman–Crippen MR) is 59.6 cm³/mol. The number of rotatable bonds is 1. The van der Waals surface area contributed by atoms with Gasteiger partial charge in [-0.15, -0.1) is 0 Å². The predicted octanol–water partition coefficient (Wildman–Crippen LogP) is 2.43. The van der Waals surface area contributed by atoms with Crippen LogP contribution in [-0.2, 0) is 4.74 Å². The Balaban J connectivity index is 2.42. The molecule has 1 N–H and O–H groups in total. The van der Waals surface area contributed by atoms with Crippen LogP contribution in [0.25, 0.3) is 6.08 Å². The van der Waals surface area contributed by atoms with Crippen LogP contribution in [0.15, 0.2) is 36.6 Å². The van der Waals surface area contributed by atoms with Crippen LogP contribution in [0.3, 0.4) is 0 Å². The van der Waals surface area contributed by atoms with Crippen molar-refractivity contribution < 1.29 is 9.53 Å². The fourth-order valence-electron chi connectivity index (χ4n) is 1.43. The van der Waals surface area contributed by atoms with Crippen LogP contribution < -0.4 is 5.32 Å². The van der Waals surface area contributed by atoms with E-state index >= 15 is 0 Å². The number of anilines is 1. The minimum atomic E-state index is -0.316. The lowest BCUT2D eigenvalue weighted by atomic mass is 10.1. The Morgan fingerprint density at radius 3 is 3.00 bits per heavy atom. The van der Waals surface area contributed by atoms with E-state index in [4.69, 9.17) is 0 Å². The highest BCUT2D eigenvalue weighted by molar-refractivity contribution is 5.91. The number of benzene rings is 1. The number of allylic oxidation sites excluding steroid dienone is 2. The molecule has 2 rings (SSSR count). The van der Waals surface area contributed by atoms with E-state index in [9.17, 15) is 4.79 Å². The van der Waals surface area contributed by atoms with Gasteiger partial charge in [0.25, 0.3) is 0 Å². The van der Waals surface area contributed by atoms with Crippen molar-refractivity contribution in [2.24, 2.45) is 0 Å². The summed E-state index contributed by atoms with van der Waals surface area (Å²) in [5.74, 6) is -0.316. The van der Waals surface area contributed by atoms with Crippen LogP contribution in [0, 0.1) is 0 Å².